The molecule has 0 bridgehead atoms. The summed E-state index contributed by atoms with van der Waals surface area (Å²) in [6, 6.07) is 3.74. The van der Waals surface area contributed by atoms with Crippen molar-refractivity contribution in [2.24, 2.45) is 11.8 Å². The minimum absolute atomic E-state index is 0.0193. The molecule has 21 heavy (non-hydrogen) atoms. The van der Waals surface area contributed by atoms with Crippen molar-refractivity contribution < 1.29 is 4.79 Å². The third kappa shape index (κ3) is 4.45. The highest BCUT2D eigenvalue weighted by Crippen LogP contribution is 2.29. The van der Waals surface area contributed by atoms with Crippen LogP contribution in [0.15, 0.2) is 12.1 Å². The van der Waals surface area contributed by atoms with Crippen molar-refractivity contribution in [1.82, 2.24) is 10.3 Å². The normalized spacial score (nSPS) is 21.3. The van der Waals surface area contributed by atoms with Gasteiger partial charge in [-0.05, 0) is 43.2 Å². The fourth-order valence-electron chi connectivity index (χ4n) is 3.08. The van der Waals surface area contributed by atoms with Gasteiger partial charge in [0.1, 0.15) is 5.82 Å². The summed E-state index contributed by atoms with van der Waals surface area (Å²) in [5.74, 6) is 2.23. The van der Waals surface area contributed by atoms with Crippen LogP contribution in [0.3, 0.4) is 0 Å². The van der Waals surface area contributed by atoms with Crippen molar-refractivity contribution in [3.63, 3.8) is 0 Å². The summed E-state index contributed by atoms with van der Waals surface area (Å²) in [7, 11) is 1.83. The van der Waals surface area contributed by atoms with Crippen LogP contribution in [-0.2, 0) is 6.42 Å². The first kappa shape index (κ1) is 15.8. The fraction of sp³-hybridized carbons (Fsp3) is 0.647. The van der Waals surface area contributed by atoms with E-state index in [9.17, 15) is 4.79 Å². The Bertz CT molecular complexity index is 487. The Kier molecular flexibility index (Phi) is 5.59. The molecule has 1 aliphatic carbocycles. The second kappa shape index (κ2) is 7.43. The van der Waals surface area contributed by atoms with Crippen molar-refractivity contribution in [3.8, 4) is 0 Å². The molecule has 1 amide bonds. The van der Waals surface area contributed by atoms with E-state index in [4.69, 9.17) is 0 Å². The lowest BCUT2D eigenvalue weighted by atomic mass is 10.1. The number of aromatic nitrogens is 1. The van der Waals surface area contributed by atoms with Crippen LogP contribution >= 0.6 is 0 Å². The molecule has 2 unspecified atom stereocenters. The summed E-state index contributed by atoms with van der Waals surface area (Å²) in [6.45, 7) is 5.21. The minimum Gasteiger partial charge on any atom is -0.373 e. The summed E-state index contributed by atoms with van der Waals surface area (Å²) in [6.07, 6.45) is 5.69. The summed E-state index contributed by atoms with van der Waals surface area (Å²) in [4.78, 5) is 16.8. The van der Waals surface area contributed by atoms with Crippen molar-refractivity contribution >= 4 is 11.7 Å². The number of pyridine rings is 1. The van der Waals surface area contributed by atoms with E-state index < -0.39 is 0 Å². The highest BCUT2D eigenvalue weighted by molar-refractivity contribution is 5.95. The molecule has 1 heterocycles. The van der Waals surface area contributed by atoms with E-state index in [1.54, 1.807) is 0 Å². The molecule has 1 saturated carbocycles. The number of rotatable bonds is 6. The summed E-state index contributed by atoms with van der Waals surface area (Å²) >= 11 is 0. The average molecular weight is 289 g/mol. The number of amides is 1. The van der Waals surface area contributed by atoms with Crippen LogP contribution in [0.5, 0.6) is 0 Å². The van der Waals surface area contributed by atoms with Crippen LogP contribution in [-0.4, -0.2) is 24.5 Å². The molecule has 2 N–H and O–H groups in total. The molecule has 1 aromatic heterocycles. The molecular weight excluding hydrogens is 262 g/mol. The molecule has 2 rings (SSSR count). The van der Waals surface area contributed by atoms with Crippen LogP contribution in [0.25, 0.3) is 0 Å². The molecule has 1 aliphatic rings. The van der Waals surface area contributed by atoms with Crippen LogP contribution in [0.4, 0.5) is 5.82 Å². The number of nitrogens with zero attached hydrogens (tertiary/aromatic N) is 1. The maximum atomic E-state index is 12.3. The van der Waals surface area contributed by atoms with E-state index in [2.05, 4.69) is 29.5 Å². The van der Waals surface area contributed by atoms with Crippen LogP contribution < -0.4 is 10.6 Å². The van der Waals surface area contributed by atoms with Crippen molar-refractivity contribution in [1.29, 1.82) is 0 Å². The second-order valence-electron chi connectivity index (χ2n) is 6.23. The predicted molar refractivity (Wildman–Crippen MR) is 86.6 cm³/mol. The van der Waals surface area contributed by atoms with Crippen molar-refractivity contribution in [2.45, 2.75) is 46.0 Å². The van der Waals surface area contributed by atoms with Crippen molar-refractivity contribution in [2.75, 3.05) is 18.9 Å². The molecule has 0 spiro atoms. The second-order valence-corrected chi connectivity index (χ2v) is 6.23. The highest BCUT2D eigenvalue weighted by Gasteiger charge is 2.21. The van der Waals surface area contributed by atoms with E-state index in [0.717, 1.165) is 36.8 Å². The van der Waals surface area contributed by atoms with Gasteiger partial charge in [0, 0.05) is 24.8 Å². The fourth-order valence-corrected chi connectivity index (χ4v) is 3.08. The smallest absolute Gasteiger partial charge is 0.251 e. The Hall–Kier alpha value is -1.58. The van der Waals surface area contributed by atoms with Gasteiger partial charge in [-0.25, -0.2) is 4.98 Å². The molecule has 0 aromatic carbocycles. The Morgan fingerprint density at radius 3 is 2.81 bits per heavy atom. The first-order valence-corrected chi connectivity index (χ1v) is 8.09. The summed E-state index contributed by atoms with van der Waals surface area (Å²) < 4.78 is 0. The minimum atomic E-state index is 0.0193. The van der Waals surface area contributed by atoms with Gasteiger partial charge in [-0.3, -0.25) is 4.79 Å². The standard InChI is InChI=1S/C17H27N3O/c1-4-5-15-9-14(10-16(18-3)20-15)17(21)19-11-13-7-6-12(2)8-13/h9-10,12-13H,4-8,11H2,1-3H3,(H,18,20)(H,19,21). The average Bonchev–Trinajstić information content (AvgIpc) is 2.90. The van der Waals surface area contributed by atoms with Gasteiger partial charge in [0.15, 0.2) is 0 Å². The molecule has 1 fully saturated rings. The van der Waals surface area contributed by atoms with Gasteiger partial charge in [-0.2, -0.15) is 0 Å². The van der Waals surface area contributed by atoms with Gasteiger partial charge in [0.2, 0.25) is 0 Å². The number of nitrogens with one attached hydrogen (secondary N) is 2. The lowest BCUT2D eigenvalue weighted by Gasteiger charge is -2.12. The maximum Gasteiger partial charge on any atom is 0.251 e. The number of hydrogen-bond acceptors (Lipinski definition) is 3. The summed E-state index contributed by atoms with van der Waals surface area (Å²) in [5.41, 5.74) is 1.69. The molecule has 2 atom stereocenters. The van der Waals surface area contributed by atoms with Gasteiger partial charge in [-0.15, -0.1) is 0 Å². The molecule has 4 nitrogen and oxygen atoms in total. The van der Waals surface area contributed by atoms with E-state index in [1.807, 2.05) is 19.2 Å². The molecule has 0 radical (unpaired) electrons. The number of anilines is 1. The quantitative estimate of drug-likeness (QED) is 0.845. The third-order valence-electron chi connectivity index (χ3n) is 4.26. The Morgan fingerprint density at radius 1 is 1.38 bits per heavy atom. The lowest BCUT2D eigenvalue weighted by molar-refractivity contribution is 0.0947. The maximum absolute atomic E-state index is 12.3. The van der Waals surface area contributed by atoms with Crippen LogP contribution in [0.2, 0.25) is 0 Å². The SMILES string of the molecule is CCCc1cc(C(=O)NCC2CCC(C)C2)cc(NC)n1. The van der Waals surface area contributed by atoms with Crippen LogP contribution in [0, 0.1) is 11.8 Å². The zero-order valence-corrected chi connectivity index (χ0v) is 13.4. The van der Waals surface area contributed by atoms with Gasteiger partial charge in [0.05, 0.1) is 0 Å². The highest BCUT2D eigenvalue weighted by atomic mass is 16.1. The van der Waals surface area contributed by atoms with E-state index in [-0.39, 0.29) is 5.91 Å². The third-order valence-corrected chi connectivity index (χ3v) is 4.26. The molecule has 0 saturated heterocycles. The Labute approximate surface area is 127 Å². The Balaban J connectivity index is 1.98. The predicted octanol–water partition coefficient (Wildman–Crippen LogP) is 3.24. The number of aryl methyl sites for hydroxylation is 1. The lowest BCUT2D eigenvalue weighted by Crippen LogP contribution is -2.28. The van der Waals surface area contributed by atoms with Gasteiger partial charge in [-0.1, -0.05) is 26.7 Å². The largest absolute Gasteiger partial charge is 0.373 e. The zero-order chi connectivity index (χ0) is 15.2. The topological polar surface area (TPSA) is 54.0 Å². The molecule has 116 valence electrons. The monoisotopic (exact) mass is 289 g/mol. The zero-order valence-electron chi connectivity index (χ0n) is 13.4. The number of carbonyl (C=O) groups excluding carboxylic acids is 1. The van der Waals surface area contributed by atoms with E-state index in [0.29, 0.717) is 11.5 Å². The van der Waals surface area contributed by atoms with E-state index >= 15 is 0 Å². The van der Waals surface area contributed by atoms with Gasteiger partial charge >= 0.3 is 0 Å². The first-order chi connectivity index (χ1) is 10.1. The molecule has 0 aliphatic heterocycles. The van der Waals surface area contributed by atoms with Gasteiger partial charge < -0.3 is 10.6 Å². The molecular formula is C17H27N3O. The number of hydrogen-bond donors (Lipinski definition) is 2. The summed E-state index contributed by atoms with van der Waals surface area (Å²) in [5, 5.41) is 6.12. The molecule has 4 heteroatoms. The number of carbonyl (C=O) groups is 1. The van der Waals surface area contributed by atoms with Gasteiger partial charge in [0.25, 0.3) is 5.91 Å². The van der Waals surface area contributed by atoms with E-state index in [1.165, 1.54) is 19.3 Å². The Morgan fingerprint density at radius 2 is 2.19 bits per heavy atom. The first-order valence-electron chi connectivity index (χ1n) is 8.09. The molecule has 1 aromatic rings. The van der Waals surface area contributed by atoms with Crippen molar-refractivity contribution in [3.05, 3.63) is 23.4 Å². The van der Waals surface area contributed by atoms with Crippen LogP contribution in [0.1, 0.15) is 55.6 Å².